The molecule has 0 aliphatic heterocycles. The van der Waals surface area contributed by atoms with Crippen LogP contribution in [0.1, 0.15) is 6.42 Å². The number of carbonyl (C=O) groups excluding carboxylic acids is 1. The van der Waals surface area contributed by atoms with Gasteiger partial charge in [-0.3, -0.25) is 14.8 Å². The SMILES string of the molecule is CNC(=O)CCNc1cncc2cccnc12. The molecule has 17 heavy (non-hydrogen) atoms. The van der Waals surface area contributed by atoms with Gasteiger partial charge in [-0.1, -0.05) is 0 Å². The zero-order chi connectivity index (χ0) is 12.1. The number of nitrogens with zero attached hydrogens (tertiary/aromatic N) is 2. The molecule has 0 saturated carbocycles. The van der Waals surface area contributed by atoms with Crippen molar-refractivity contribution < 1.29 is 4.79 Å². The highest BCUT2D eigenvalue weighted by molar-refractivity contribution is 5.89. The molecule has 0 radical (unpaired) electrons. The lowest BCUT2D eigenvalue weighted by Gasteiger charge is -2.07. The fourth-order valence-corrected chi connectivity index (χ4v) is 1.57. The second kappa shape index (κ2) is 5.25. The van der Waals surface area contributed by atoms with Crippen LogP contribution in [-0.2, 0) is 4.79 Å². The summed E-state index contributed by atoms with van der Waals surface area (Å²) in [6.45, 7) is 0.567. The minimum Gasteiger partial charge on any atom is -0.382 e. The van der Waals surface area contributed by atoms with E-state index in [1.807, 2.05) is 12.1 Å². The highest BCUT2D eigenvalue weighted by Crippen LogP contribution is 2.18. The Morgan fingerprint density at radius 3 is 3.12 bits per heavy atom. The lowest BCUT2D eigenvalue weighted by molar-refractivity contribution is -0.120. The zero-order valence-corrected chi connectivity index (χ0v) is 9.60. The van der Waals surface area contributed by atoms with E-state index in [4.69, 9.17) is 0 Å². The molecule has 2 aromatic heterocycles. The van der Waals surface area contributed by atoms with E-state index in [-0.39, 0.29) is 5.91 Å². The Bertz CT molecular complexity index is 521. The molecule has 0 fully saturated rings. The van der Waals surface area contributed by atoms with Crippen molar-refractivity contribution in [2.24, 2.45) is 0 Å². The number of anilines is 1. The largest absolute Gasteiger partial charge is 0.382 e. The molecule has 0 aromatic carbocycles. The van der Waals surface area contributed by atoms with Crippen LogP contribution in [0.5, 0.6) is 0 Å². The number of amides is 1. The van der Waals surface area contributed by atoms with Gasteiger partial charge < -0.3 is 10.6 Å². The van der Waals surface area contributed by atoms with E-state index in [1.165, 1.54) is 0 Å². The Balaban J connectivity index is 2.11. The maximum absolute atomic E-state index is 11.1. The Kier molecular flexibility index (Phi) is 3.49. The van der Waals surface area contributed by atoms with Crippen molar-refractivity contribution in [1.29, 1.82) is 0 Å². The van der Waals surface area contributed by atoms with Crippen molar-refractivity contribution in [1.82, 2.24) is 15.3 Å². The molecular weight excluding hydrogens is 216 g/mol. The topological polar surface area (TPSA) is 66.9 Å². The van der Waals surface area contributed by atoms with E-state index in [0.29, 0.717) is 13.0 Å². The number of hydrogen-bond acceptors (Lipinski definition) is 4. The van der Waals surface area contributed by atoms with Gasteiger partial charge in [0.05, 0.1) is 17.4 Å². The average Bonchev–Trinajstić information content (AvgIpc) is 2.39. The standard InChI is InChI=1S/C12H14N4O/c1-13-11(17)4-6-15-10-8-14-7-9-3-2-5-16-12(9)10/h2-3,5,7-8,15H,4,6H2,1H3,(H,13,17). The molecule has 5 heteroatoms. The predicted molar refractivity (Wildman–Crippen MR) is 66.7 cm³/mol. The molecule has 2 N–H and O–H groups in total. The molecule has 0 aliphatic rings. The van der Waals surface area contributed by atoms with Crippen LogP contribution in [-0.4, -0.2) is 29.5 Å². The first kappa shape index (κ1) is 11.3. The van der Waals surface area contributed by atoms with E-state index in [1.54, 1.807) is 25.6 Å². The third-order valence-electron chi connectivity index (χ3n) is 2.46. The van der Waals surface area contributed by atoms with E-state index in [9.17, 15) is 4.79 Å². The summed E-state index contributed by atoms with van der Waals surface area (Å²) in [7, 11) is 1.63. The van der Waals surface area contributed by atoms with E-state index in [0.717, 1.165) is 16.6 Å². The van der Waals surface area contributed by atoms with Gasteiger partial charge in [-0.15, -0.1) is 0 Å². The lowest BCUT2D eigenvalue weighted by Crippen LogP contribution is -2.20. The summed E-state index contributed by atoms with van der Waals surface area (Å²) in [5, 5.41) is 6.73. The number of rotatable bonds is 4. The van der Waals surface area contributed by atoms with Gasteiger partial charge >= 0.3 is 0 Å². The van der Waals surface area contributed by atoms with Crippen molar-refractivity contribution in [3.63, 3.8) is 0 Å². The maximum atomic E-state index is 11.1. The Morgan fingerprint density at radius 2 is 2.29 bits per heavy atom. The van der Waals surface area contributed by atoms with Crippen LogP contribution < -0.4 is 10.6 Å². The zero-order valence-electron chi connectivity index (χ0n) is 9.60. The molecular formula is C12H14N4O. The number of fused-ring (bicyclic) bond motifs is 1. The summed E-state index contributed by atoms with van der Waals surface area (Å²) < 4.78 is 0. The monoisotopic (exact) mass is 230 g/mol. The van der Waals surface area contributed by atoms with Crippen LogP contribution in [0, 0.1) is 0 Å². The molecule has 2 rings (SSSR count). The highest BCUT2D eigenvalue weighted by atomic mass is 16.1. The number of pyridine rings is 2. The van der Waals surface area contributed by atoms with Crippen molar-refractivity contribution in [2.75, 3.05) is 18.9 Å². The quantitative estimate of drug-likeness (QED) is 0.827. The molecule has 0 unspecified atom stereocenters. The summed E-state index contributed by atoms with van der Waals surface area (Å²) in [5.41, 5.74) is 1.73. The van der Waals surface area contributed by atoms with Gasteiger partial charge in [-0.25, -0.2) is 0 Å². The summed E-state index contributed by atoms with van der Waals surface area (Å²) >= 11 is 0. The number of aromatic nitrogens is 2. The van der Waals surface area contributed by atoms with Gasteiger partial charge in [0, 0.05) is 37.8 Å². The summed E-state index contributed by atoms with van der Waals surface area (Å²) in [4.78, 5) is 19.5. The van der Waals surface area contributed by atoms with Gasteiger partial charge in [0.2, 0.25) is 5.91 Å². The Hall–Kier alpha value is -2.17. The molecule has 0 atom stereocenters. The van der Waals surface area contributed by atoms with Gasteiger partial charge in [0.1, 0.15) is 0 Å². The van der Waals surface area contributed by atoms with Gasteiger partial charge in [0.25, 0.3) is 0 Å². The smallest absolute Gasteiger partial charge is 0.221 e. The molecule has 88 valence electrons. The summed E-state index contributed by atoms with van der Waals surface area (Å²) in [6, 6.07) is 3.83. The van der Waals surface area contributed by atoms with Gasteiger partial charge in [-0.2, -0.15) is 0 Å². The first-order chi connectivity index (χ1) is 8.31. The Morgan fingerprint density at radius 1 is 1.41 bits per heavy atom. The average molecular weight is 230 g/mol. The molecule has 0 bridgehead atoms. The molecule has 0 saturated heterocycles. The first-order valence-electron chi connectivity index (χ1n) is 5.44. The van der Waals surface area contributed by atoms with E-state index >= 15 is 0 Å². The van der Waals surface area contributed by atoms with Crippen LogP contribution in [0.3, 0.4) is 0 Å². The molecule has 2 heterocycles. The molecule has 1 amide bonds. The van der Waals surface area contributed by atoms with Crippen LogP contribution in [0.4, 0.5) is 5.69 Å². The maximum Gasteiger partial charge on any atom is 0.221 e. The van der Waals surface area contributed by atoms with Crippen LogP contribution in [0.15, 0.2) is 30.7 Å². The fourth-order valence-electron chi connectivity index (χ4n) is 1.57. The second-order valence-electron chi connectivity index (χ2n) is 3.61. The third kappa shape index (κ3) is 2.69. The minimum absolute atomic E-state index is 0.0126. The fraction of sp³-hybridized carbons (Fsp3) is 0.250. The molecule has 0 aliphatic carbocycles. The second-order valence-corrected chi connectivity index (χ2v) is 3.61. The molecule has 5 nitrogen and oxygen atoms in total. The number of nitrogens with one attached hydrogen (secondary N) is 2. The van der Waals surface area contributed by atoms with E-state index < -0.39 is 0 Å². The summed E-state index contributed by atoms with van der Waals surface area (Å²) in [6.07, 6.45) is 5.66. The van der Waals surface area contributed by atoms with Crippen LogP contribution >= 0.6 is 0 Å². The molecule has 2 aromatic rings. The van der Waals surface area contributed by atoms with Gasteiger partial charge in [-0.05, 0) is 12.1 Å². The number of hydrogen-bond donors (Lipinski definition) is 2. The minimum atomic E-state index is 0.0126. The third-order valence-corrected chi connectivity index (χ3v) is 2.46. The lowest BCUT2D eigenvalue weighted by atomic mass is 10.2. The van der Waals surface area contributed by atoms with Crippen LogP contribution in [0.2, 0.25) is 0 Å². The van der Waals surface area contributed by atoms with E-state index in [2.05, 4.69) is 20.6 Å². The van der Waals surface area contributed by atoms with Crippen molar-refractivity contribution in [3.8, 4) is 0 Å². The first-order valence-corrected chi connectivity index (χ1v) is 5.44. The van der Waals surface area contributed by atoms with Crippen molar-refractivity contribution in [2.45, 2.75) is 6.42 Å². The normalized spacial score (nSPS) is 10.2. The Labute approximate surface area is 99.3 Å². The highest BCUT2D eigenvalue weighted by Gasteiger charge is 2.02. The number of carbonyl (C=O) groups is 1. The van der Waals surface area contributed by atoms with Crippen molar-refractivity contribution in [3.05, 3.63) is 30.7 Å². The van der Waals surface area contributed by atoms with Crippen molar-refractivity contribution >= 4 is 22.5 Å². The molecule has 0 spiro atoms. The summed E-state index contributed by atoms with van der Waals surface area (Å²) in [5.74, 6) is 0.0126. The van der Waals surface area contributed by atoms with Crippen LogP contribution in [0.25, 0.3) is 10.9 Å². The van der Waals surface area contributed by atoms with Gasteiger partial charge in [0.15, 0.2) is 0 Å². The predicted octanol–water partition coefficient (Wildman–Crippen LogP) is 1.18.